The molecule has 2 aromatic rings. The van der Waals surface area contributed by atoms with Gasteiger partial charge in [-0.05, 0) is 36.6 Å². The molecule has 1 aromatic carbocycles. The lowest BCUT2D eigenvalue weighted by Crippen LogP contribution is -2.53. The summed E-state index contributed by atoms with van der Waals surface area (Å²) in [4.78, 5) is 11.3. The number of hydrogen-bond donors (Lipinski definition) is 3. The molecule has 3 N–H and O–H groups in total. The number of nitrogens with one attached hydrogen (secondary N) is 3. The molecule has 0 bridgehead atoms. The average Bonchev–Trinajstić information content (AvgIpc) is 3.47. The summed E-state index contributed by atoms with van der Waals surface area (Å²) in [6.45, 7) is 4.69. The van der Waals surface area contributed by atoms with E-state index in [9.17, 15) is 0 Å². The van der Waals surface area contributed by atoms with Crippen molar-refractivity contribution in [3.05, 3.63) is 58.8 Å². The summed E-state index contributed by atoms with van der Waals surface area (Å²) in [7, 11) is 0. The summed E-state index contributed by atoms with van der Waals surface area (Å²) < 4.78 is 0. The van der Waals surface area contributed by atoms with Crippen molar-refractivity contribution in [3.8, 4) is 0 Å². The smallest absolute Gasteiger partial charge is 0.0901 e. The molecule has 0 amide bonds. The quantitative estimate of drug-likeness (QED) is 0.753. The fraction of sp³-hybridized carbons (Fsp3) is 0.400. The fourth-order valence-corrected chi connectivity index (χ4v) is 4.29. The maximum atomic E-state index is 6.49. The van der Waals surface area contributed by atoms with Crippen LogP contribution in [0.1, 0.15) is 18.4 Å². The number of nitrogens with zero attached hydrogens (tertiary/aromatic N) is 3. The van der Waals surface area contributed by atoms with E-state index in [0.29, 0.717) is 17.1 Å². The molecule has 1 saturated carbocycles. The van der Waals surface area contributed by atoms with Crippen LogP contribution in [-0.4, -0.2) is 46.6 Å². The minimum Gasteiger partial charge on any atom is -0.386 e. The van der Waals surface area contributed by atoms with Crippen LogP contribution in [0.4, 0.5) is 0 Å². The standard InChI is InChI=1S/C20H23ClN6/c21-15-10-17-16(24-5-6-25-17)9-14(15)11-26-18-12-22-4-1-19(18)27-8-7-23-13-20(27)2-3-20/h1,5-6,9-10,12,22-23,26H,2-4,7-8,11,13H2. The van der Waals surface area contributed by atoms with Crippen LogP contribution in [0.2, 0.25) is 5.02 Å². The van der Waals surface area contributed by atoms with Crippen molar-refractivity contribution >= 4 is 22.6 Å². The summed E-state index contributed by atoms with van der Waals surface area (Å²) in [5.41, 5.74) is 5.47. The maximum absolute atomic E-state index is 6.49. The van der Waals surface area contributed by atoms with Crippen LogP contribution in [0.25, 0.3) is 11.0 Å². The van der Waals surface area contributed by atoms with Gasteiger partial charge in [0.2, 0.25) is 0 Å². The van der Waals surface area contributed by atoms with Crippen molar-refractivity contribution in [1.29, 1.82) is 0 Å². The molecular formula is C20H23ClN6. The van der Waals surface area contributed by atoms with Gasteiger partial charge in [0.25, 0.3) is 0 Å². The Morgan fingerprint density at radius 1 is 1.19 bits per heavy atom. The summed E-state index contributed by atoms with van der Waals surface area (Å²) in [6, 6.07) is 3.91. The Bertz CT molecular complexity index is 933. The second kappa shape index (κ2) is 6.69. The highest BCUT2D eigenvalue weighted by molar-refractivity contribution is 6.32. The molecule has 1 aliphatic carbocycles. The monoisotopic (exact) mass is 382 g/mol. The molecule has 0 atom stereocenters. The van der Waals surface area contributed by atoms with Crippen molar-refractivity contribution in [2.75, 3.05) is 26.2 Å². The first kappa shape index (κ1) is 16.8. The lowest BCUT2D eigenvalue weighted by molar-refractivity contribution is 0.189. The van der Waals surface area contributed by atoms with Gasteiger partial charge in [-0.2, -0.15) is 0 Å². The molecule has 1 saturated heterocycles. The van der Waals surface area contributed by atoms with E-state index in [-0.39, 0.29) is 0 Å². The van der Waals surface area contributed by atoms with E-state index in [1.165, 1.54) is 18.5 Å². The van der Waals surface area contributed by atoms with E-state index < -0.39 is 0 Å². The van der Waals surface area contributed by atoms with Gasteiger partial charge in [-0.1, -0.05) is 11.6 Å². The Balaban J connectivity index is 1.36. The van der Waals surface area contributed by atoms with E-state index in [0.717, 1.165) is 48.5 Å². The number of aromatic nitrogens is 2. The minimum atomic E-state index is 0.318. The van der Waals surface area contributed by atoms with Crippen LogP contribution in [0, 0.1) is 0 Å². The van der Waals surface area contributed by atoms with Gasteiger partial charge in [-0.25, -0.2) is 0 Å². The van der Waals surface area contributed by atoms with Crippen molar-refractivity contribution in [3.63, 3.8) is 0 Å². The maximum Gasteiger partial charge on any atom is 0.0901 e. The molecule has 3 aliphatic rings. The number of piperazine rings is 1. The number of benzene rings is 1. The molecule has 5 rings (SSSR count). The number of dihydropyridines is 1. The molecule has 0 radical (unpaired) electrons. The highest BCUT2D eigenvalue weighted by Crippen LogP contribution is 2.45. The number of hydrogen-bond acceptors (Lipinski definition) is 6. The Labute approximate surface area is 163 Å². The Morgan fingerprint density at radius 3 is 2.81 bits per heavy atom. The molecule has 7 heteroatoms. The average molecular weight is 383 g/mol. The largest absolute Gasteiger partial charge is 0.386 e. The van der Waals surface area contributed by atoms with Gasteiger partial charge in [-0.15, -0.1) is 0 Å². The molecule has 2 fully saturated rings. The lowest BCUT2D eigenvalue weighted by Gasteiger charge is -2.41. The van der Waals surface area contributed by atoms with Gasteiger partial charge in [0.1, 0.15) is 0 Å². The fourth-order valence-electron chi connectivity index (χ4n) is 4.06. The molecule has 1 aromatic heterocycles. The van der Waals surface area contributed by atoms with Gasteiger partial charge in [0.15, 0.2) is 0 Å². The minimum absolute atomic E-state index is 0.318. The molecule has 140 valence electrons. The summed E-state index contributed by atoms with van der Waals surface area (Å²) in [5, 5.41) is 11.2. The van der Waals surface area contributed by atoms with Crippen LogP contribution < -0.4 is 16.0 Å². The van der Waals surface area contributed by atoms with Gasteiger partial charge >= 0.3 is 0 Å². The topological polar surface area (TPSA) is 65.1 Å². The van der Waals surface area contributed by atoms with Gasteiger partial charge < -0.3 is 20.9 Å². The number of halogens is 1. The third kappa shape index (κ3) is 3.13. The first-order chi connectivity index (χ1) is 13.3. The van der Waals surface area contributed by atoms with E-state index in [1.807, 2.05) is 12.1 Å². The van der Waals surface area contributed by atoms with Crippen LogP contribution in [-0.2, 0) is 6.54 Å². The molecule has 3 heterocycles. The molecular weight excluding hydrogens is 360 g/mol. The third-order valence-corrected chi connectivity index (χ3v) is 6.05. The zero-order valence-electron chi connectivity index (χ0n) is 15.1. The highest BCUT2D eigenvalue weighted by Gasteiger charge is 2.50. The Hall–Kier alpha value is -2.31. The van der Waals surface area contributed by atoms with E-state index in [2.05, 4.69) is 43.1 Å². The van der Waals surface area contributed by atoms with Gasteiger partial charge in [0, 0.05) is 56.3 Å². The first-order valence-electron chi connectivity index (χ1n) is 9.51. The Morgan fingerprint density at radius 2 is 2.00 bits per heavy atom. The predicted molar refractivity (Wildman–Crippen MR) is 107 cm³/mol. The zero-order valence-corrected chi connectivity index (χ0v) is 15.9. The van der Waals surface area contributed by atoms with Crippen molar-refractivity contribution in [2.24, 2.45) is 0 Å². The van der Waals surface area contributed by atoms with Crippen molar-refractivity contribution in [1.82, 2.24) is 30.8 Å². The third-order valence-electron chi connectivity index (χ3n) is 5.70. The SMILES string of the molecule is Clc1cc2nccnc2cc1CNC1=CNCC=C1N1CCNCC12CC2. The number of rotatable bonds is 4. The second-order valence-electron chi connectivity index (χ2n) is 7.45. The van der Waals surface area contributed by atoms with Crippen LogP contribution in [0.15, 0.2) is 48.2 Å². The van der Waals surface area contributed by atoms with E-state index in [4.69, 9.17) is 11.6 Å². The lowest BCUT2D eigenvalue weighted by atomic mass is 10.1. The van der Waals surface area contributed by atoms with Gasteiger partial charge in [0.05, 0.1) is 28.0 Å². The molecule has 2 aliphatic heterocycles. The predicted octanol–water partition coefficient (Wildman–Crippen LogP) is 2.14. The molecule has 0 unspecified atom stereocenters. The number of fused-ring (bicyclic) bond motifs is 1. The normalized spacial score (nSPS) is 20.9. The molecule has 27 heavy (non-hydrogen) atoms. The summed E-state index contributed by atoms with van der Waals surface area (Å²) >= 11 is 6.49. The van der Waals surface area contributed by atoms with Crippen molar-refractivity contribution < 1.29 is 0 Å². The summed E-state index contributed by atoms with van der Waals surface area (Å²) in [6.07, 6.45) is 10.3. The van der Waals surface area contributed by atoms with E-state index in [1.54, 1.807) is 12.4 Å². The Kier molecular flexibility index (Phi) is 4.17. The molecule has 1 spiro atoms. The second-order valence-corrected chi connectivity index (χ2v) is 7.86. The van der Waals surface area contributed by atoms with Crippen LogP contribution in [0.5, 0.6) is 0 Å². The summed E-state index contributed by atoms with van der Waals surface area (Å²) in [5.74, 6) is 0. The van der Waals surface area contributed by atoms with Crippen molar-refractivity contribution in [2.45, 2.75) is 24.9 Å². The first-order valence-corrected chi connectivity index (χ1v) is 9.88. The van der Waals surface area contributed by atoms with Gasteiger partial charge in [-0.3, -0.25) is 9.97 Å². The highest BCUT2D eigenvalue weighted by atomic mass is 35.5. The van der Waals surface area contributed by atoms with Crippen LogP contribution in [0.3, 0.4) is 0 Å². The van der Waals surface area contributed by atoms with E-state index >= 15 is 0 Å². The molecule has 6 nitrogen and oxygen atoms in total. The zero-order chi connectivity index (χ0) is 18.3. The van der Waals surface area contributed by atoms with Crippen LogP contribution >= 0.6 is 11.6 Å².